The molecule has 0 atom stereocenters. The Morgan fingerprint density at radius 2 is 1.94 bits per heavy atom. The van der Waals surface area contributed by atoms with Crippen LogP contribution in [0.25, 0.3) is 0 Å². The monoisotopic (exact) mass is 270 g/mol. The first kappa shape index (κ1) is 14.6. The summed E-state index contributed by atoms with van der Waals surface area (Å²) in [4.78, 5) is 11.5. The molecule has 4 nitrogen and oxygen atoms in total. The van der Waals surface area contributed by atoms with Gasteiger partial charge in [-0.15, -0.1) is 0 Å². The first-order valence-electron chi connectivity index (χ1n) is 5.92. The van der Waals surface area contributed by atoms with E-state index in [0.717, 1.165) is 0 Å². The minimum Gasteiger partial charge on any atom is -0.489 e. The number of carbonyl (C=O) groups excluding carboxylic acids is 1. The third-order valence-electron chi connectivity index (χ3n) is 1.97. The normalized spacial score (nSPS) is 10.6. The second-order valence-corrected chi connectivity index (χ2v) is 4.97. The molecule has 0 saturated heterocycles. The summed E-state index contributed by atoms with van der Waals surface area (Å²) in [6, 6.07) is 5.00. The minimum absolute atomic E-state index is 0.0607. The Balaban J connectivity index is 2.69. The van der Waals surface area contributed by atoms with Crippen LogP contribution in [0.3, 0.4) is 0 Å². The van der Waals surface area contributed by atoms with Crippen molar-refractivity contribution < 1.29 is 9.53 Å². The smallest absolute Gasteiger partial charge is 0.319 e. The van der Waals surface area contributed by atoms with Gasteiger partial charge in [0.15, 0.2) is 0 Å². The van der Waals surface area contributed by atoms with Gasteiger partial charge in [0.1, 0.15) is 5.75 Å². The van der Waals surface area contributed by atoms with E-state index in [9.17, 15) is 4.79 Å². The van der Waals surface area contributed by atoms with Gasteiger partial charge in [0.25, 0.3) is 0 Å². The van der Waals surface area contributed by atoms with Crippen LogP contribution in [0.1, 0.15) is 27.7 Å². The van der Waals surface area contributed by atoms with Crippen LogP contribution in [0.15, 0.2) is 18.2 Å². The molecule has 1 aromatic rings. The predicted octanol–water partition coefficient (Wildman–Crippen LogP) is 3.66. The fourth-order valence-electron chi connectivity index (χ4n) is 1.36. The van der Waals surface area contributed by atoms with Crippen LogP contribution in [-0.2, 0) is 0 Å². The average Bonchev–Trinajstić information content (AvgIpc) is 2.20. The Morgan fingerprint density at radius 3 is 2.44 bits per heavy atom. The van der Waals surface area contributed by atoms with Crippen molar-refractivity contribution in [1.82, 2.24) is 5.32 Å². The van der Waals surface area contributed by atoms with Crippen LogP contribution >= 0.6 is 11.6 Å². The van der Waals surface area contributed by atoms with Gasteiger partial charge < -0.3 is 15.4 Å². The number of hydrogen-bond donors (Lipinski definition) is 2. The van der Waals surface area contributed by atoms with Gasteiger partial charge in [0.05, 0.1) is 11.1 Å². The standard InChI is InChI=1S/C13H19ClN2O2/c1-8(2)15-13(17)16-10-5-6-12(11(14)7-10)18-9(3)4/h5-9H,1-4H3,(H2,15,16,17). The number of ether oxygens (including phenoxy) is 1. The molecular weight excluding hydrogens is 252 g/mol. The first-order valence-corrected chi connectivity index (χ1v) is 6.30. The van der Waals surface area contributed by atoms with Gasteiger partial charge >= 0.3 is 6.03 Å². The van der Waals surface area contributed by atoms with Gasteiger partial charge in [0, 0.05) is 11.7 Å². The van der Waals surface area contributed by atoms with E-state index in [1.165, 1.54) is 0 Å². The van der Waals surface area contributed by atoms with Gasteiger partial charge in [-0.3, -0.25) is 0 Å². The zero-order valence-corrected chi connectivity index (χ0v) is 11.8. The van der Waals surface area contributed by atoms with Crippen LogP contribution < -0.4 is 15.4 Å². The lowest BCUT2D eigenvalue weighted by Crippen LogP contribution is -2.34. The fraction of sp³-hybridized carbons (Fsp3) is 0.462. The lowest BCUT2D eigenvalue weighted by atomic mass is 10.3. The van der Waals surface area contributed by atoms with Crippen molar-refractivity contribution in [3.63, 3.8) is 0 Å². The summed E-state index contributed by atoms with van der Waals surface area (Å²) in [5.74, 6) is 0.612. The molecule has 1 aromatic carbocycles. The van der Waals surface area contributed by atoms with Crippen LogP contribution in [0.4, 0.5) is 10.5 Å². The van der Waals surface area contributed by atoms with E-state index in [1.54, 1.807) is 18.2 Å². The summed E-state index contributed by atoms with van der Waals surface area (Å²) in [5.41, 5.74) is 0.634. The van der Waals surface area contributed by atoms with Gasteiger partial charge in [-0.05, 0) is 45.9 Å². The fourth-order valence-corrected chi connectivity index (χ4v) is 1.58. The number of rotatable bonds is 4. The van der Waals surface area contributed by atoms with E-state index in [2.05, 4.69) is 10.6 Å². The molecule has 2 amide bonds. The highest BCUT2D eigenvalue weighted by Crippen LogP contribution is 2.28. The molecule has 0 bridgehead atoms. The number of hydrogen-bond acceptors (Lipinski definition) is 2. The number of amides is 2. The summed E-state index contributed by atoms with van der Waals surface area (Å²) in [6.45, 7) is 7.65. The summed E-state index contributed by atoms with van der Waals surface area (Å²) in [7, 11) is 0. The molecule has 1 rings (SSSR count). The minimum atomic E-state index is -0.251. The van der Waals surface area contributed by atoms with Crippen molar-refractivity contribution in [3.8, 4) is 5.75 Å². The number of halogens is 1. The van der Waals surface area contributed by atoms with Crippen molar-refractivity contribution in [2.24, 2.45) is 0 Å². The number of nitrogens with one attached hydrogen (secondary N) is 2. The molecule has 0 fully saturated rings. The SMILES string of the molecule is CC(C)NC(=O)Nc1ccc(OC(C)C)c(Cl)c1. The molecule has 0 saturated carbocycles. The van der Waals surface area contributed by atoms with E-state index in [4.69, 9.17) is 16.3 Å². The zero-order chi connectivity index (χ0) is 13.7. The zero-order valence-electron chi connectivity index (χ0n) is 11.1. The first-order chi connectivity index (χ1) is 8.38. The van der Waals surface area contributed by atoms with Gasteiger partial charge in [-0.1, -0.05) is 11.6 Å². The maximum Gasteiger partial charge on any atom is 0.319 e. The second-order valence-electron chi connectivity index (χ2n) is 4.56. The van der Waals surface area contributed by atoms with E-state index in [1.807, 2.05) is 27.7 Å². The molecule has 2 N–H and O–H groups in total. The van der Waals surface area contributed by atoms with Crippen molar-refractivity contribution in [2.45, 2.75) is 39.8 Å². The number of urea groups is 1. The third kappa shape index (κ3) is 4.84. The highest BCUT2D eigenvalue weighted by molar-refractivity contribution is 6.32. The quantitative estimate of drug-likeness (QED) is 0.877. The highest BCUT2D eigenvalue weighted by atomic mass is 35.5. The van der Waals surface area contributed by atoms with Crippen LogP contribution in [0.5, 0.6) is 5.75 Å². The van der Waals surface area contributed by atoms with Gasteiger partial charge in [0.2, 0.25) is 0 Å². The molecule has 0 aliphatic heterocycles. The topological polar surface area (TPSA) is 50.4 Å². The van der Waals surface area contributed by atoms with Gasteiger partial charge in [-0.2, -0.15) is 0 Å². The molecule has 0 radical (unpaired) electrons. The molecule has 100 valence electrons. The van der Waals surface area contributed by atoms with Gasteiger partial charge in [-0.25, -0.2) is 4.79 Å². The van der Waals surface area contributed by atoms with E-state index >= 15 is 0 Å². The molecule has 5 heteroatoms. The molecule has 0 unspecified atom stereocenters. The predicted molar refractivity (Wildman–Crippen MR) is 74.5 cm³/mol. The third-order valence-corrected chi connectivity index (χ3v) is 2.27. The lowest BCUT2D eigenvalue weighted by Gasteiger charge is -2.13. The largest absolute Gasteiger partial charge is 0.489 e. The Morgan fingerprint density at radius 1 is 1.28 bits per heavy atom. The molecular formula is C13H19ClN2O2. The van der Waals surface area contributed by atoms with Crippen LogP contribution in [0.2, 0.25) is 5.02 Å². The van der Waals surface area contributed by atoms with Crippen molar-refractivity contribution >= 4 is 23.3 Å². The van der Waals surface area contributed by atoms with Crippen molar-refractivity contribution in [3.05, 3.63) is 23.2 Å². The van der Waals surface area contributed by atoms with Crippen LogP contribution in [-0.4, -0.2) is 18.2 Å². The molecule has 0 aliphatic carbocycles. The number of carbonyl (C=O) groups is 1. The molecule has 0 aromatic heterocycles. The second kappa shape index (κ2) is 6.50. The van der Waals surface area contributed by atoms with E-state index in [-0.39, 0.29) is 18.2 Å². The summed E-state index contributed by atoms with van der Waals surface area (Å²) in [5, 5.41) is 5.92. The molecule has 0 aliphatic rings. The summed E-state index contributed by atoms with van der Waals surface area (Å²) < 4.78 is 5.51. The molecule has 18 heavy (non-hydrogen) atoms. The highest BCUT2D eigenvalue weighted by Gasteiger charge is 2.07. The summed E-state index contributed by atoms with van der Waals surface area (Å²) in [6.07, 6.45) is 0.0607. The Kier molecular flexibility index (Phi) is 5.28. The van der Waals surface area contributed by atoms with Crippen LogP contribution in [0, 0.1) is 0 Å². The maximum absolute atomic E-state index is 11.5. The molecule has 0 spiro atoms. The van der Waals surface area contributed by atoms with Crippen molar-refractivity contribution in [2.75, 3.05) is 5.32 Å². The Bertz CT molecular complexity index is 419. The number of anilines is 1. The van der Waals surface area contributed by atoms with E-state index < -0.39 is 0 Å². The Labute approximate surface area is 113 Å². The van der Waals surface area contributed by atoms with E-state index in [0.29, 0.717) is 16.5 Å². The molecule has 0 heterocycles. The average molecular weight is 271 g/mol. The maximum atomic E-state index is 11.5. The summed E-state index contributed by atoms with van der Waals surface area (Å²) >= 11 is 6.07. The Hall–Kier alpha value is -1.42. The lowest BCUT2D eigenvalue weighted by molar-refractivity contribution is 0.242. The van der Waals surface area contributed by atoms with Crippen molar-refractivity contribution in [1.29, 1.82) is 0 Å². The number of benzene rings is 1.